The van der Waals surface area contributed by atoms with Crippen molar-refractivity contribution in [3.63, 3.8) is 0 Å². The van der Waals surface area contributed by atoms with Crippen molar-refractivity contribution < 1.29 is 17.2 Å². The Labute approximate surface area is 110 Å². The molecule has 8 heteroatoms. The average Bonchev–Trinajstić information content (AvgIpc) is 2.39. The molecule has 1 saturated heterocycles. The molecule has 106 valence electrons. The number of nitrogen functional groups attached to an aromatic ring is 1. The minimum atomic E-state index is -4.46. The summed E-state index contributed by atoms with van der Waals surface area (Å²) < 4.78 is 48.3. The normalized spacial score (nSPS) is 17.9. The lowest BCUT2D eigenvalue weighted by Gasteiger charge is -2.35. The fourth-order valence-electron chi connectivity index (χ4n) is 2.00. The Morgan fingerprint density at radius 2 is 1.58 bits per heavy atom. The number of alkyl halides is 2. The molecule has 1 fully saturated rings. The molecule has 0 radical (unpaired) electrons. The van der Waals surface area contributed by atoms with Crippen LogP contribution in [-0.2, 0) is 10.0 Å². The van der Waals surface area contributed by atoms with Gasteiger partial charge in [-0.2, -0.15) is 13.1 Å². The highest BCUT2D eigenvalue weighted by Crippen LogP contribution is 2.20. The van der Waals surface area contributed by atoms with Crippen LogP contribution in [0, 0.1) is 0 Å². The molecule has 2 rings (SSSR count). The zero-order valence-electron chi connectivity index (χ0n) is 10.2. The van der Waals surface area contributed by atoms with Crippen molar-refractivity contribution in [1.82, 2.24) is 4.31 Å². The van der Waals surface area contributed by atoms with Gasteiger partial charge in [0.05, 0.1) is 0 Å². The van der Waals surface area contributed by atoms with E-state index in [4.69, 9.17) is 5.73 Å². The van der Waals surface area contributed by atoms with Gasteiger partial charge in [0.1, 0.15) is 0 Å². The van der Waals surface area contributed by atoms with E-state index in [1.807, 2.05) is 17.0 Å². The van der Waals surface area contributed by atoms with Crippen LogP contribution in [0.5, 0.6) is 0 Å². The van der Waals surface area contributed by atoms with E-state index >= 15 is 0 Å². The predicted molar refractivity (Wildman–Crippen MR) is 69.6 cm³/mol. The minimum Gasteiger partial charge on any atom is -0.399 e. The molecular formula is C11H15F2N3O2S. The minimum absolute atomic E-state index is 0.0665. The number of nitrogens with zero attached hydrogens (tertiary/aromatic N) is 2. The predicted octanol–water partition coefficient (Wildman–Crippen LogP) is 0.943. The smallest absolute Gasteiger partial charge is 0.350 e. The highest BCUT2D eigenvalue weighted by Gasteiger charge is 2.34. The molecule has 1 heterocycles. The summed E-state index contributed by atoms with van der Waals surface area (Å²) in [6, 6.07) is 7.15. The van der Waals surface area contributed by atoms with Crippen molar-refractivity contribution >= 4 is 21.4 Å². The van der Waals surface area contributed by atoms with Crippen LogP contribution in [0.1, 0.15) is 0 Å². The molecule has 19 heavy (non-hydrogen) atoms. The molecule has 0 aromatic heterocycles. The number of hydrogen-bond acceptors (Lipinski definition) is 4. The van der Waals surface area contributed by atoms with Crippen LogP contribution in [0.25, 0.3) is 0 Å². The first-order valence-corrected chi connectivity index (χ1v) is 7.29. The summed E-state index contributed by atoms with van der Waals surface area (Å²) in [5.74, 6) is -3.35. The largest absolute Gasteiger partial charge is 0.399 e. The van der Waals surface area contributed by atoms with E-state index in [-0.39, 0.29) is 13.1 Å². The Morgan fingerprint density at radius 1 is 1.05 bits per heavy atom. The quantitative estimate of drug-likeness (QED) is 0.842. The number of halogens is 2. The first kappa shape index (κ1) is 14.0. The highest BCUT2D eigenvalue weighted by atomic mass is 32.2. The van der Waals surface area contributed by atoms with E-state index in [1.165, 1.54) is 0 Å². The molecule has 1 aromatic rings. The first-order chi connectivity index (χ1) is 8.91. The lowest BCUT2D eigenvalue weighted by Crippen LogP contribution is -2.50. The molecule has 0 amide bonds. The third-order valence-electron chi connectivity index (χ3n) is 3.08. The summed E-state index contributed by atoms with van der Waals surface area (Å²) in [7, 11) is -4.46. The van der Waals surface area contributed by atoms with Gasteiger partial charge in [0.2, 0.25) is 0 Å². The SMILES string of the molecule is Nc1ccc(N2CCN(S(=O)(=O)C(F)F)CC2)cc1. The molecule has 0 unspecified atom stereocenters. The number of sulfonamides is 1. The number of rotatable bonds is 3. The van der Waals surface area contributed by atoms with Gasteiger partial charge in [-0.3, -0.25) is 0 Å². The summed E-state index contributed by atoms with van der Waals surface area (Å²) in [6.45, 7) is 0.903. The molecular weight excluding hydrogens is 276 g/mol. The maximum Gasteiger partial charge on any atom is 0.350 e. The van der Waals surface area contributed by atoms with Crippen LogP contribution in [0.15, 0.2) is 24.3 Å². The summed E-state index contributed by atoms with van der Waals surface area (Å²) in [5, 5.41) is 0. The standard InChI is InChI=1S/C11H15F2N3O2S/c12-11(13)19(17,18)16-7-5-15(6-8-16)10-3-1-9(14)2-4-10/h1-4,11H,5-8,14H2. The second-order valence-corrected chi connectivity index (χ2v) is 6.19. The summed E-state index contributed by atoms with van der Waals surface area (Å²) in [4.78, 5) is 1.94. The molecule has 0 saturated carbocycles. The zero-order valence-corrected chi connectivity index (χ0v) is 11.0. The third kappa shape index (κ3) is 2.95. The van der Waals surface area contributed by atoms with E-state index < -0.39 is 15.8 Å². The lowest BCUT2D eigenvalue weighted by molar-refractivity contribution is 0.217. The van der Waals surface area contributed by atoms with Gasteiger partial charge in [-0.25, -0.2) is 8.42 Å². The number of benzene rings is 1. The molecule has 1 aliphatic rings. The van der Waals surface area contributed by atoms with Gasteiger partial charge in [0.15, 0.2) is 0 Å². The van der Waals surface area contributed by atoms with Gasteiger partial charge in [0.25, 0.3) is 10.0 Å². The van der Waals surface area contributed by atoms with Crippen LogP contribution < -0.4 is 10.6 Å². The fraction of sp³-hybridized carbons (Fsp3) is 0.455. The van der Waals surface area contributed by atoms with Crippen molar-refractivity contribution in [2.75, 3.05) is 36.8 Å². The number of anilines is 2. The van der Waals surface area contributed by atoms with Crippen molar-refractivity contribution in [3.8, 4) is 0 Å². The molecule has 0 aliphatic carbocycles. The van der Waals surface area contributed by atoms with Crippen LogP contribution in [0.2, 0.25) is 0 Å². The number of piperazine rings is 1. The summed E-state index contributed by atoms with van der Waals surface area (Å²) in [5.41, 5.74) is 7.13. The van der Waals surface area contributed by atoms with Crippen LogP contribution in [-0.4, -0.2) is 44.7 Å². The van der Waals surface area contributed by atoms with Gasteiger partial charge < -0.3 is 10.6 Å². The van der Waals surface area contributed by atoms with Gasteiger partial charge in [0, 0.05) is 37.6 Å². The topological polar surface area (TPSA) is 66.6 Å². The lowest BCUT2D eigenvalue weighted by atomic mass is 10.2. The van der Waals surface area contributed by atoms with E-state index in [0.29, 0.717) is 18.8 Å². The van der Waals surface area contributed by atoms with E-state index in [0.717, 1.165) is 9.99 Å². The van der Waals surface area contributed by atoms with Crippen molar-refractivity contribution in [3.05, 3.63) is 24.3 Å². The molecule has 5 nitrogen and oxygen atoms in total. The number of hydrogen-bond donors (Lipinski definition) is 1. The summed E-state index contributed by atoms with van der Waals surface area (Å²) in [6.07, 6.45) is 0. The Morgan fingerprint density at radius 3 is 2.05 bits per heavy atom. The van der Waals surface area contributed by atoms with Gasteiger partial charge in [-0.05, 0) is 24.3 Å². The third-order valence-corrected chi connectivity index (χ3v) is 4.62. The molecule has 1 aliphatic heterocycles. The average molecular weight is 291 g/mol. The fourth-order valence-corrected chi connectivity index (χ4v) is 2.90. The maximum absolute atomic E-state index is 12.4. The molecule has 1 aromatic carbocycles. The van der Waals surface area contributed by atoms with Crippen LogP contribution in [0.3, 0.4) is 0 Å². The van der Waals surface area contributed by atoms with E-state index in [1.54, 1.807) is 12.1 Å². The highest BCUT2D eigenvalue weighted by molar-refractivity contribution is 7.89. The Kier molecular flexibility index (Phi) is 3.91. The van der Waals surface area contributed by atoms with Gasteiger partial charge >= 0.3 is 5.76 Å². The Balaban J connectivity index is 2.02. The molecule has 0 spiro atoms. The zero-order chi connectivity index (χ0) is 14.0. The molecule has 0 bridgehead atoms. The van der Waals surface area contributed by atoms with Crippen molar-refractivity contribution in [2.45, 2.75) is 5.76 Å². The van der Waals surface area contributed by atoms with Crippen molar-refractivity contribution in [2.24, 2.45) is 0 Å². The second-order valence-electron chi connectivity index (χ2n) is 4.28. The Hall–Kier alpha value is -1.41. The Bertz CT molecular complexity index is 525. The molecule has 2 N–H and O–H groups in total. The monoisotopic (exact) mass is 291 g/mol. The maximum atomic E-state index is 12.4. The number of nitrogens with two attached hydrogens (primary N) is 1. The van der Waals surface area contributed by atoms with Crippen molar-refractivity contribution in [1.29, 1.82) is 0 Å². The first-order valence-electron chi connectivity index (χ1n) is 5.79. The van der Waals surface area contributed by atoms with Gasteiger partial charge in [-0.1, -0.05) is 0 Å². The van der Waals surface area contributed by atoms with E-state index in [9.17, 15) is 17.2 Å². The van der Waals surface area contributed by atoms with E-state index in [2.05, 4.69) is 0 Å². The second kappa shape index (κ2) is 5.30. The van der Waals surface area contributed by atoms with Crippen LogP contribution >= 0.6 is 0 Å². The summed E-state index contributed by atoms with van der Waals surface area (Å²) >= 11 is 0. The van der Waals surface area contributed by atoms with Crippen LogP contribution in [0.4, 0.5) is 20.2 Å². The molecule has 0 atom stereocenters. The van der Waals surface area contributed by atoms with Gasteiger partial charge in [-0.15, -0.1) is 0 Å².